The molecule has 2 aromatic heterocycles. The zero-order valence-corrected chi connectivity index (χ0v) is 19.6. The number of likely N-dealkylation sites (N-methyl/N-ethyl adjacent to an activating group) is 1. The summed E-state index contributed by atoms with van der Waals surface area (Å²) in [6.07, 6.45) is 0. The number of carbonyl (C=O) groups excluding carboxylic acids is 2. The number of carbonyl (C=O) groups is 2. The van der Waals surface area contributed by atoms with E-state index in [2.05, 4.69) is 20.5 Å². The van der Waals surface area contributed by atoms with Crippen LogP contribution in [0.25, 0.3) is 33.5 Å². The van der Waals surface area contributed by atoms with Crippen LogP contribution in [0.5, 0.6) is 0 Å². The molecule has 3 N–H and O–H groups in total. The molecule has 8 heteroatoms. The molecule has 0 spiro atoms. The molecule has 0 saturated heterocycles. The molecule has 0 fully saturated rings. The van der Waals surface area contributed by atoms with Gasteiger partial charge in [0.05, 0.1) is 27.7 Å². The van der Waals surface area contributed by atoms with Crippen LogP contribution in [-0.2, 0) is 10.2 Å². The number of aromatic amines is 2. The van der Waals surface area contributed by atoms with Gasteiger partial charge in [-0.25, -0.2) is 4.98 Å². The minimum Gasteiger partial charge on any atom is -0.337 e. The first-order valence-electron chi connectivity index (χ1n) is 11.6. The average Bonchev–Trinajstić information content (AvgIpc) is 3.51. The van der Waals surface area contributed by atoms with E-state index in [1.807, 2.05) is 80.3 Å². The van der Waals surface area contributed by atoms with E-state index in [0.29, 0.717) is 23.6 Å². The Balaban J connectivity index is 1.41. The number of hydrogen-bond donors (Lipinski definition) is 3. The maximum absolute atomic E-state index is 12.9. The van der Waals surface area contributed by atoms with Crippen molar-refractivity contribution in [3.63, 3.8) is 0 Å². The van der Waals surface area contributed by atoms with Gasteiger partial charge in [0.25, 0.3) is 5.91 Å². The van der Waals surface area contributed by atoms with E-state index in [-0.39, 0.29) is 11.8 Å². The summed E-state index contributed by atoms with van der Waals surface area (Å²) in [6, 6.07) is 18.8. The largest absolute Gasteiger partial charge is 0.337 e. The smallest absolute Gasteiger partial charge is 0.255 e. The highest BCUT2D eigenvalue weighted by Gasteiger charge is 2.43. The second kappa shape index (κ2) is 7.53. The maximum Gasteiger partial charge on any atom is 0.255 e. The molecule has 3 aromatic carbocycles. The molecule has 2 amide bonds. The molecule has 1 aliphatic rings. The Kier molecular flexibility index (Phi) is 4.54. The van der Waals surface area contributed by atoms with Crippen molar-refractivity contribution in [1.82, 2.24) is 20.2 Å². The quantitative estimate of drug-likeness (QED) is 0.348. The van der Waals surface area contributed by atoms with Crippen molar-refractivity contribution in [2.45, 2.75) is 26.2 Å². The molecule has 1 aliphatic heterocycles. The van der Waals surface area contributed by atoms with Crippen molar-refractivity contribution in [3.05, 3.63) is 71.8 Å². The Morgan fingerprint density at radius 1 is 1.06 bits per heavy atom. The van der Waals surface area contributed by atoms with Gasteiger partial charge in [-0.15, -0.1) is 0 Å². The van der Waals surface area contributed by atoms with Crippen molar-refractivity contribution in [2.24, 2.45) is 0 Å². The number of nitrogens with one attached hydrogen (secondary N) is 3. The van der Waals surface area contributed by atoms with Crippen molar-refractivity contribution < 1.29 is 9.59 Å². The molecule has 6 rings (SSSR count). The number of hydrogen-bond acceptors (Lipinski definition) is 4. The van der Waals surface area contributed by atoms with Crippen LogP contribution in [0.1, 0.15) is 36.7 Å². The summed E-state index contributed by atoms with van der Waals surface area (Å²) in [4.78, 5) is 35.7. The predicted octanol–water partition coefficient (Wildman–Crippen LogP) is 5.00. The van der Waals surface area contributed by atoms with E-state index in [9.17, 15) is 9.59 Å². The summed E-state index contributed by atoms with van der Waals surface area (Å²) in [7, 11) is 0. The van der Waals surface area contributed by atoms with E-state index < -0.39 is 5.41 Å². The zero-order chi connectivity index (χ0) is 24.3. The standard InChI is InChI=1S/C27H24N6O2/c1-4-33-22-14-21-20(13-18(22)27(2,3)26(33)35)29-24(30-21)23-17-12-15(10-11-19(17)31-32-23)25(34)28-16-8-6-5-7-9-16/h5-14H,4H2,1-3H3,(H,28,34)(H,29,30)(H,31,32). The Labute approximate surface area is 201 Å². The van der Waals surface area contributed by atoms with Crippen LogP contribution in [0, 0.1) is 0 Å². The molecule has 174 valence electrons. The third-order valence-electron chi connectivity index (χ3n) is 6.74. The number of aromatic nitrogens is 4. The third-order valence-corrected chi connectivity index (χ3v) is 6.74. The summed E-state index contributed by atoms with van der Waals surface area (Å²) in [5.41, 5.74) is 5.60. The number of imidazole rings is 1. The summed E-state index contributed by atoms with van der Waals surface area (Å²) in [5, 5.41) is 11.2. The van der Waals surface area contributed by atoms with Gasteiger partial charge < -0.3 is 15.2 Å². The van der Waals surface area contributed by atoms with Crippen LogP contribution >= 0.6 is 0 Å². The molecule has 8 nitrogen and oxygen atoms in total. The van der Waals surface area contributed by atoms with Crippen LogP contribution in [0.15, 0.2) is 60.7 Å². The Bertz CT molecular complexity index is 1630. The number of anilines is 2. The molecule has 5 aromatic rings. The van der Waals surface area contributed by atoms with E-state index in [1.165, 1.54) is 0 Å². The normalized spacial score (nSPS) is 14.6. The summed E-state index contributed by atoms with van der Waals surface area (Å²) < 4.78 is 0. The first-order chi connectivity index (χ1) is 16.9. The number of amides is 2. The number of nitrogens with zero attached hydrogens (tertiary/aromatic N) is 3. The number of rotatable bonds is 4. The van der Waals surface area contributed by atoms with E-state index in [4.69, 9.17) is 4.98 Å². The number of fused-ring (bicyclic) bond motifs is 3. The maximum atomic E-state index is 12.9. The zero-order valence-electron chi connectivity index (χ0n) is 19.6. The van der Waals surface area contributed by atoms with Crippen molar-refractivity contribution in [1.29, 1.82) is 0 Å². The van der Waals surface area contributed by atoms with Gasteiger partial charge in [0, 0.05) is 23.2 Å². The second-order valence-electron chi connectivity index (χ2n) is 9.30. The molecule has 35 heavy (non-hydrogen) atoms. The number of benzene rings is 3. The van der Waals surface area contributed by atoms with Crippen molar-refractivity contribution in [3.8, 4) is 11.5 Å². The fraction of sp³-hybridized carbons (Fsp3) is 0.185. The van der Waals surface area contributed by atoms with Gasteiger partial charge in [-0.1, -0.05) is 18.2 Å². The first kappa shape index (κ1) is 21.1. The van der Waals surface area contributed by atoms with Gasteiger partial charge in [-0.2, -0.15) is 5.10 Å². The summed E-state index contributed by atoms with van der Waals surface area (Å²) in [5.74, 6) is 0.503. The molecule has 3 heterocycles. The second-order valence-corrected chi connectivity index (χ2v) is 9.30. The molecule has 0 aliphatic carbocycles. The van der Waals surface area contributed by atoms with Crippen LogP contribution in [0.2, 0.25) is 0 Å². The van der Waals surface area contributed by atoms with Crippen LogP contribution < -0.4 is 10.2 Å². The Morgan fingerprint density at radius 3 is 2.63 bits per heavy atom. The molecule has 0 bridgehead atoms. The van der Waals surface area contributed by atoms with Crippen molar-refractivity contribution >= 4 is 45.1 Å². The highest BCUT2D eigenvalue weighted by Crippen LogP contribution is 2.43. The predicted molar refractivity (Wildman–Crippen MR) is 137 cm³/mol. The minimum atomic E-state index is -0.592. The highest BCUT2D eigenvalue weighted by molar-refractivity contribution is 6.10. The SMILES string of the molecule is CCN1C(=O)C(C)(C)c2cc3[nH]c(-c4n[nH]c5ccc(C(=O)Nc6ccccc6)cc45)nc3cc21. The van der Waals surface area contributed by atoms with Crippen molar-refractivity contribution in [2.75, 3.05) is 16.8 Å². The lowest BCUT2D eigenvalue weighted by molar-refractivity contribution is -0.122. The lowest BCUT2D eigenvalue weighted by Crippen LogP contribution is -2.35. The Morgan fingerprint density at radius 2 is 1.86 bits per heavy atom. The van der Waals surface area contributed by atoms with Crippen LogP contribution in [0.3, 0.4) is 0 Å². The van der Waals surface area contributed by atoms with Gasteiger partial charge in [-0.3, -0.25) is 14.7 Å². The summed E-state index contributed by atoms with van der Waals surface area (Å²) in [6.45, 7) is 6.49. The monoisotopic (exact) mass is 464 g/mol. The van der Waals surface area contributed by atoms with Crippen LogP contribution in [0.4, 0.5) is 11.4 Å². The van der Waals surface area contributed by atoms with E-state index in [1.54, 1.807) is 6.07 Å². The Hall–Kier alpha value is -4.46. The molecular weight excluding hydrogens is 440 g/mol. The molecular formula is C27H24N6O2. The topological polar surface area (TPSA) is 107 Å². The molecule has 0 radical (unpaired) electrons. The van der Waals surface area contributed by atoms with Crippen LogP contribution in [-0.4, -0.2) is 38.5 Å². The van der Waals surface area contributed by atoms with E-state index >= 15 is 0 Å². The van der Waals surface area contributed by atoms with E-state index in [0.717, 1.165) is 38.9 Å². The minimum absolute atomic E-state index is 0.0995. The first-order valence-corrected chi connectivity index (χ1v) is 11.6. The van der Waals surface area contributed by atoms with Gasteiger partial charge >= 0.3 is 0 Å². The van der Waals surface area contributed by atoms with Gasteiger partial charge in [0.2, 0.25) is 5.91 Å². The summed E-state index contributed by atoms with van der Waals surface area (Å²) >= 11 is 0. The lowest BCUT2D eigenvalue weighted by Gasteiger charge is -2.18. The highest BCUT2D eigenvalue weighted by atomic mass is 16.2. The number of H-pyrrole nitrogens is 2. The fourth-order valence-corrected chi connectivity index (χ4v) is 4.82. The molecule has 0 saturated carbocycles. The lowest BCUT2D eigenvalue weighted by atomic mass is 9.86. The number of para-hydroxylation sites is 1. The average molecular weight is 465 g/mol. The van der Waals surface area contributed by atoms with Gasteiger partial charge in [0.15, 0.2) is 5.82 Å². The third kappa shape index (κ3) is 3.21. The molecule has 0 atom stereocenters. The van der Waals surface area contributed by atoms with Gasteiger partial charge in [-0.05, 0) is 68.8 Å². The van der Waals surface area contributed by atoms with Gasteiger partial charge in [0.1, 0.15) is 5.69 Å². The fourth-order valence-electron chi connectivity index (χ4n) is 4.82. The molecule has 0 unspecified atom stereocenters.